The molecule has 43 heavy (non-hydrogen) atoms. The quantitative estimate of drug-likeness (QED) is 0.186. The number of carbonyl (C=O) groups excluding carboxylic acids is 3. The lowest BCUT2D eigenvalue weighted by atomic mass is 9.61. The summed E-state index contributed by atoms with van der Waals surface area (Å²) in [6.45, 7) is 3.99. The third-order valence-electron chi connectivity index (χ3n) is 7.85. The molecule has 1 aliphatic carbocycles. The number of benzene rings is 3. The Labute approximate surface area is 252 Å². The first kappa shape index (κ1) is 31.6. The van der Waals surface area contributed by atoms with E-state index in [1.54, 1.807) is 72.8 Å². The first-order valence-corrected chi connectivity index (χ1v) is 14.6. The fourth-order valence-electron chi connectivity index (χ4n) is 5.80. The summed E-state index contributed by atoms with van der Waals surface area (Å²) in [5.74, 6) is -3.89. The van der Waals surface area contributed by atoms with Gasteiger partial charge in [0.1, 0.15) is 28.9 Å². The third kappa shape index (κ3) is 7.17. The van der Waals surface area contributed by atoms with Crippen LogP contribution in [0.25, 0.3) is 0 Å². The summed E-state index contributed by atoms with van der Waals surface area (Å²) in [7, 11) is 2.98. The van der Waals surface area contributed by atoms with Gasteiger partial charge in [-0.15, -0.1) is 0 Å². The molecule has 0 bridgehead atoms. The Kier molecular flexibility index (Phi) is 10.4. The van der Waals surface area contributed by atoms with Crippen LogP contribution in [0.5, 0.6) is 17.2 Å². The molecule has 228 valence electrons. The first-order chi connectivity index (χ1) is 20.7. The Balaban J connectivity index is 1.81. The number of aliphatic hydroxyl groups is 1. The predicted octanol–water partition coefficient (Wildman–Crippen LogP) is 5.59. The van der Waals surface area contributed by atoms with E-state index in [4.69, 9.17) is 14.2 Å². The molecule has 3 aromatic rings. The highest BCUT2D eigenvalue weighted by Gasteiger charge is 2.56. The second-order valence-electron chi connectivity index (χ2n) is 11.0. The van der Waals surface area contributed by atoms with E-state index in [1.165, 1.54) is 21.1 Å². The Morgan fingerprint density at radius 2 is 1.37 bits per heavy atom. The minimum Gasteiger partial charge on any atom is -0.495 e. The van der Waals surface area contributed by atoms with Crippen LogP contribution < -0.4 is 24.8 Å². The summed E-state index contributed by atoms with van der Waals surface area (Å²) >= 11 is 0. The molecule has 1 saturated carbocycles. The number of ketones is 1. The van der Waals surface area contributed by atoms with E-state index >= 15 is 0 Å². The molecule has 9 nitrogen and oxygen atoms in total. The highest BCUT2D eigenvalue weighted by Crippen LogP contribution is 2.49. The molecule has 1 aliphatic rings. The standard InChI is InChI=1S/C34H40N2O7/c1-5-6-13-20-43-26-17-10-7-14-22(26)29-30(32(38)35-23-15-8-11-18-27(23)41-3)25(37)21-34(2,40)31(29)33(39)36-24-16-9-12-19-28(24)42-4/h7-12,14-19,29-31,40H,5-6,13,20-21H2,1-4H3,(H,35,38)(H,36,39). The van der Waals surface area contributed by atoms with Crippen LogP contribution in [0.2, 0.25) is 0 Å². The number of hydrogen-bond donors (Lipinski definition) is 3. The molecule has 0 saturated heterocycles. The van der Waals surface area contributed by atoms with Crippen LogP contribution in [0.3, 0.4) is 0 Å². The van der Waals surface area contributed by atoms with Gasteiger partial charge in [0, 0.05) is 12.3 Å². The lowest BCUT2D eigenvalue weighted by molar-refractivity contribution is -0.150. The number of para-hydroxylation sites is 5. The van der Waals surface area contributed by atoms with E-state index in [1.807, 2.05) is 0 Å². The Bertz CT molecular complexity index is 1440. The number of hydrogen-bond acceptors (Lipinski definition) is 7. The van der Waals surface area contributed by atoms with Crippen molar-refractivity contribution in [2.75, 3.05) is 31.5 Å². The summed E-state index contributed by atoms with van der Waals surface area (Å²) in [6.07, 6.45) is 2.42. The van der Waals surface area contributed by atoms with Crippen molar-refractivity contribution in [3.63, 3.8) is 0 Å². The van der Waals surface area contributed by atoms with Crippen LogP contribution in [-0.4, -0.2) is 49.1 Å². The summed E-state index contributed by atoms with van der Waals surface area (Å²) in [4.78, 5) is 41.9. The maximum absolute atomic E-state index is 14.1. The van der Waals surface area contributed by atoms with Crippen LogP contribution in [0.15, 0.2) is 72.8 Å². The van der Waals surface area contributed by atoms with Gasteiger partial charge in [0.15, 0.2) is 0 Å². The molecule has 9 heteroatoms. The summed E-state index contributed by atoms with van der Waals surface area (Å²) in [5.41, 5.74) is -0.490. The zero-order valence-corrected chi connectivity index (χ0v) is 25.1. The average Bonchev–Trinajstić information content (AvgIpc) is 2.99. The summed E-state index contributed by atoms with van der Waals surface area (Å²) in [5, 5.41) is 17.4. The van der Waals surface area contributed by atoms with Crippen molar-refractivity contribution in [3.8, 4) is 17.2 Å². The Hall–Kier alpha value is -4.37. The van der Waals surface area contributed by atoms with Crippen molar-refractivity contribution in [1.82, 2.24) is 0 Å². The van der Waals surface area contributed by atoms with Gasteiger partial charge in [0.05, 0.1) is 43.7 Å². The Morgan fingerprint density at radius 1 is 0.837 bits per heavy atom. The largest absolute Gasteiger partial charge is 0.495 e. The molecular weight excluding hydrogens is 548 g/mol. The lowest BCUT2D eigenvalue weighted by Crippen LogP contribution is -2.56. The van der Waals surface area contributed by atoms with Crippen LogP contribution >= 0.6 is 0 Å². The van der Waals surface area contributed by atoms with Crippen molar-refractivity contribution in [1.29, 1.82) is 0 Å². The molecule has 3 N–H and O–H groups in total. The normalized spacial score (nSPS) is 21.5. The number of ether oxygens (including phenoxy) is 3. The molecule has 4 atom stereocenters. The van der Waals surface area contributed by atoms with E-state index < -0.39 is 47.4 Å². The maximum Gasteiger partial charge on any atom is 0.235 e. The molecule has 4 rings (SSSR count). The van der Waals surface area contributed by atoms with Crippen molar-refractivity contribution in [3.05, 3.63) is 78.4 Å². The number of amides is 2. The van der Waals surface area contributed by atoms with Gasteiger partial charge in [-0.05, 0) is 49.2 Å². The minimum absolute atomic E-state index is 0.387. The molecule has 0 aliphatic heterocycles. The fraction of sp³-hybridized carbons (Fsp3) is 0.382. The van der Waals surface area contributed by atoms with Crippen LogP contribution in [0, 0.1) is 11.8 Å². The van der Waals surface area contributed by atoms with Crippen LogP contribution in [0.4, 0.5) is 11.4 Å². The topological polar surface area (TPSA) is 123 Å². The van der Waals surface area contributed by atoms with Gasteiger partial charge in [0.2, 0.25) is 11.8 Å². The monoisotopic (exact) mass is 588 g/mol. The molecule has 3 aromatic carbocycles. The summed E-state index contributed by atoms with van der Waals surface area (Å²) < 4.78 is 17.0. The molecule has 0 aromatic heterocycles. The number of anilines is 2. The van der Waals surface area contributed by atoms with Gasteiger partial charge in [0.25, 0.3) is 0 Å². The number of carbonyl (C=O) groups is 3. The highest BCUT2D eigenvalue weighted by molar-refractivity contribution is 6.11. The molecular formula is C34H40N2O7. The van der Waals surface area contributed by atoms with Gasteiger partial charge < -0.3 is 30.0 Å². The zero-order chi connectivity index (χ0) is 31.0. The van der Waals surface area contributed by atoms with Crippen LogP contribution in [-0.2, 0) is 14.4 Å². The zero-order valence-electron chi connectivity index (χ0n) is 25.1. The Morgan fingerprint density at radius 3 is 1.95 bits per heavy atom. The number of unbranched alkanes of at least 4 members (excludes halogenated alkanes) is 2. The smallest absolute Gasteiger partial charge is 0.235 e. The van der Waals surface area contributed by atoms with Crippen molar-refractivity contribution < 1.29 is 33.7 Å². The van der Waals surface area contributed by atoms with E-state index in [0.717, 1.165) is 19.3 Å². The maximum atomic E-state index is 14.1. The van der Waals surface area contributed by atoms with Gasteiger partial charge in [-0.1, -0.05) is 62.2 Å². The molecule has 0 radical (unpaired) electrons. The van der Waals surface area contributed by atoms with E-state index in [9.17, 15) is 19.5 Å². The van der Waals surface area contributed by atoms with Gasteiger partial charge in [-0.25, -0.2) is 0 Å². The SMILES string of the molecule is CCCCCOc1ccccc1C1C(C(=O)Nc2ccccc2OC)C(=O)CC(C)(O)C1C(=O)Nc1ccccc1OC. The summed E-state index contributed by atoms with van der Waals surface area (Å²) in [6, 6.07) is 20.9. The van der Waals surface area contributed by atoms with Crippen LogP contribution in [0.1, 0.15) is 51.0 Å². The second kappa shape index (κ2) is 14.2. The van der Waals surface area contributed by atoms with E-state index in [2.05, 4.69) is 17.6 Å². The highest BCUT2D eigenvalue weighted by atomic mass is 16.5. The van der Waals surface area contributed by atoms with E-state index in [-0.39, 0.29) is 0 Å². The first-order valence-electron chi connectivity index (χ1n) is 14.6. The second-order valence-corrected chi connectivity index (χ2v) is 11.0. The van der Waals surface area contributed by atoms with Gasteiger partial charge in [-0.2, -0.15) is 0 Å². The average molecular weight is 589 g/mol. The number of rotatable bonds is 12. The predicted molar refractivity (Wildman–Crippen MR) is 165 cm³/mol. The molecule has 0 heterocycles. The number of Topliss-reactive ketones (excluding diaryl/α,β-unsaturated/α-hetero) is 1. The van der Waals surface area contributed by atoms with E-state index in [0.29, 0.717) is 40.8 Å². The molecule has 0 spiro atoms. The number of methoxy groups -OCH3 is 2. The fourth-order valence-corrected chi connectivity index (χ4v) is 5.80. The van der Waals surface area contributed by atoms with Crippen molar-refractivity contribution in [2.24, 2.45) is 11.8 Å². The third-order valence-corrected chi connectivity index (χ3v) is 7.85. The van der Waals surface area contributed by atoms with Gasteiger partial charge >= 0.3 is 0 Å². The van der Waals surface area contributed by atoms with Crippen molar-refractivity contribution in [2.45, 2.75) is 51.0 Å². The number of nitrogens with one attached hydrogen (secondary N) is 2. The molecule has 4 unspecified atom stereocenters. The van der Waals surface area contributed by atoms with Gasteiger partial charge in [-0.3, -0.25) is 14.4 Å². The minimum atomic E-state index is -1.77. The van der Waals surface area contributed by atoms with Crippen molar-refractivity contribution >= 4 is 29.0 Å². The molecule has 2 amide bonds. The molecule has 1 fully saturated rings. The lowest BCUT2D eigenvalue weighted by Gasteiger charge is -2.44.